The number of carbonyl (C=O) groups is 1. The molecule has 2 N–H and O–H groups in total. The third-order valence-electron chi connectivity index (χ3n) is 5.97. The van der Waals surface area contributed by atoms with Crippen LogP contribution in [-0.4, -0.2) is 16.8 Å². The summed E-state index contributed by atoms with van der Waals surface area (Å²) in [7, 11) is 0. The number of nitrogens with two attached hydrogens (primary N) is 1. The Kier molecular flexibility index (Phi) is 2.75. The van der Waals surface area contributed by atoms with E-state index >= 15 is 0 Å². The minimum absolute atomic E-state index is 0.0850. The highest BCUT2D eigenvalue weighted by Crippen LogP contribution is 2.61. The lowest BCUT2D eigenvalue weighted by molar-refractivity contribution is -0.0609. The highest BCUT2D eigenvalue weighted by atomic mass is 16.1. The summed E-state index contributed by atoms with van der Waals surface area (Å²) in [5, 5.41) is 0. The second kappa shape index (κ2) is 4.39. The van der Waals surface area contributed by atoms with Crippen molar-refractivity contribution in [2.24, 2.45) is 28.9 Å². The van der Waals surface area contributed by atoms with Gasteiger partial charge >= 0.3 is 0 Å². The zero-order valence-corrected chi connectivity index (χ0v) is 11.8. The lowest BCUT2D eigenvalue weighted by atomic mass is 9.47. The first kappa shape index (κ1) is 12.5. The van der Waals surface area contributed by atoms with E-state index in [-0.39, 0.29) is 17.2 Å². The van der Waals surface area contributed by atoms with Gasteiger partial charge in [-0.3, -0.25) is 9.78 Å². The van der Waals surface area contributed by atoms with Crippen LogP contribution in [0.15, 0.2) is 24.5 Å². The Morgan fingerprint density at radius 2 is 1.80 bits per heavy atom. The van der Waals surface area contributed by atoms with Gasteiger partial charge in [0.1, 0.15) is 0 Å². The maximum atomic E-state index is 12.7. The lowest BCUT2D eigenvalue weighted by Crippen LogP contribution is -2.57. The van der Waals surface area contributed by atoms with Gasteiger partial charge in [0.05, 0.1) is 6.04 Å². The van der Waals surface area contributed by atoms with Crippen LogP contribution >= 0.6 is 0 Å². The molecule has 4 saturated carbocycles. The van der Waals surface area contributed by atoms with Crippen molar-refractivity contribution in [2.75, 3.05) is 0 Å². The van der Waals surface area contributed by atoms with Crippen LogP contribution in [-0.2, 0) is 0 Å². The highest BCUT2D eigenvalue weighted by molar-refractivity contribution is 6.00. The fourth-order valence-corrected chi connectivity index (χ4v) is 5.52. The Balaban J connectivity index is 1.62. The Morgan fingerprint density at radius 1 is 1.20 bits per heavy atom. The standard InChI is InChI=1S/C17H22N2O/c18-16(15(20)14-2-1-3-19-10-14)17-7-11-4-12(8-17)6-13(5-11)9-17/h1-3,10-13,16H,4-9,18H2. The topological polar surface area (TPSA) is 56.0 Å². The van der Waals surface area contributed by atoms with Crippen molar-refractivity contribution in [3.63, 3.8) is 0 Å². The van der Waals surface area contributed by atoms with E-state index in [0.717, 1.165) is 17.8 Å². The summed E-state index contributed by atoms with van der Waals surface area (Å²) in [6, 6.07) is 3.33. The molecule has 1 unspecified atom stereocenters. The lowest BCUT2D eigenvalue weighted by Gasteiger charge is -2.58. The van der Waals surface area contributed by atoms with Crippen molar-refractivity contribution >= 4 is 5.78 Å². The first-order chi connectivity index (χ1) is 9.66. The molecular formula is C17H22N2O. The Bertz CT molecular complexity index is 490. The van der Waals surface area contributed by atoms with Gasteiger partial charge in [-0.2, -0.15) is 0 Å². The van der Waals surface area contributed by atoms with Crippen molar-refractivity contribution in [3.05, 3.63) is 30.1 Å². The molecule has 106 valence electrons. The Morgan fingerprint density at radius 3 is 2.30 bits per heavy atom. The number of rotatable bonds is 3. The van der Waals surface area contributed by atoms with Crippen LogP contribution in [0, 0.1) is 23.2 Å². The SMILES string of the molecule is NC(C(=O)c1cccnc1)C12CC3CC(CC(C3)C1)C2. The van der Waals surface area contributed by atoms with Crippen LogP contribution < -0.4 is 5.73 Å². The minimum Gasteiger partial charge on any atom is -0.321 e. The van der Waals surface area contributed by atoms with Crippen LogP contribution in [0.4, 0.5) is 0 Å². The number of nitrogens with zero attached hydrogens (tertiary/aromatic N) is 1. The number of ketones is 1. The molecule has 0 spiro atoms. The molecule has 3 heteroatoms. The molecule has 1 aromatic rings. The average Bonchev–Trinajstić information content (AvgIpc) is 2.45. The predicted molar refractivity (Wildman–Crippen MR) is 77.1 cm³/mol. The molecule has 0 amide bonds. The van der Waals surface area contributed by atoms with Gasteiger partial charge < -0.3 is 5.73 Å². The van der Waals surface area contributed by atoms with Crippen molar-refractivity contribution < 1.29 is 4.79 Å². The molecule has 0 aliphatic heterocycles. The van der Waals surface area contributed by atoms with E-state index in [1.807, 2.05) is 12.1 Å². The number of Topliss-reactive ketones (excluding diaryl/α,β-unsaturated/α-hetero) is 1. The zero-order chi connectivity index (χ0) is 13.7. The fraction of sp³-hybridized carbons (Fsp3) is 0.647. The molecule has 1 aromatic heterocycles. The maximum absolute atomic E-state index is 12.7. The second-order valence-corrected chi connectivity index (χ2v) is 7.36. The van der Waals surface area contributed by atoms with Gasteiger partial charge in [0.2, 0.25) is 0 Å². The molecule has 1 heterocycles. The monoisotopic (exact) mass is 270 g/mol. The number of pyridine rings is 1. The molecule has 4 aliphatic rings. The van der Waals surface area contributed by atoms with Gasteiger partial charge in [0, 0.05) is 18.0 Å². The molecule has 4 aliphatic carbocycles. The molecule has 0 saturated heterocycles. The number of aromatic nitrogens is 1. The molecule has 1 atom stereocenters. The van der Waals surface area contributed by atoms with E-state index in [9.17, 15) is 4.79 Å². The maximum Gasteiger partial charge on any atom is 0.181 e. The van der Waals surface area contributed by atoms with E-state index in [2.05, 4.69) is 4.98 Å². The Hall–Kier alpha value is -1.22. The van der Waals surface area contributed by atoms with Gasteiger partial charge in [-0.05, 0) is 73.8 Å². The van der Waals surface area contributed by atoms with Crippen LogP contribution in [0.2, 0.25) is 0 Å². The molecule has 4 fully saturated rings. The molecule has 20 heavy (non-hydrogen) atoms. The smallest absolute Gasteiger partial charge is 0.181 e. The van der Waals surface area contributed by atoms with Crippen molar-refractivity contribution in [3.8, 4) is 0 Å². The third kappa shape index (κ3) is 1.83. The average molecular weight is 270 g/mol. The molecule has 4 bridgehead atoms. The summed E-state index contributed by atoms with van der Waals surface area (Å²) in [4.78, 5) is 16.8. The summed E-state index contributed by atoms with van der Waals surface area (Å²) < 4.78 is 0. The normalized spacial score (nSPS) is 39.8. The molecule has 3 nitrogen and oxygen atoms in total. The van der Waals surface area contributed by atoms with Crippen molar-refractivity contribution in [2.45, 2.75) is 44.6 Å². The largest absolute Gasteiger partial charge is 0.321 e. The zero-order valence-electron chi connectivity index (χ0n) is 11.8. The van der Waals surface area contributed by atoms with Gasteiger partial charge in [0.15, 0.2) is 5.78 Å². The van der Waals surface area contributed by atoms with Gasteiger partial charge in [-0.25, -0.2) is 0 Å². The van der Waals surface area contributed by atoms with Crippen molar-refractivity contribution in [1.82, 2.24) is 4.98 Å². The highest BCUT2D eigenvalue weighted by Gasteiger charge is 2.54. The van der Waals surface area contributed by atoms with E-state index in [4.69, 9.17) is 5.73 Å². The van der Waals surface area contributed by atoms with Crippen LogP contribution in [0.3, 0.4) is 0 Å². The number of carbonyl (C=O) groups excluding carboxylic acids is 1. The van der Waals surface area contributed by atoms with Crippen LogP contribution in [0.1, 0.15) is 48.9 Å². The summed E-state index contributed by atoms with van der Waals surface area (Å²) in [5.74, 6) is 2.58. The minimum atomic E-state index is -0.333. The Labute approximate surface area is 120 Å². The van der Waals surface area contributed by atoms with Gasteiger partial charge in [0.25, 0.3) is 0 Å². The summed E-state index contributed by atoms with van der Waals surface area (Å²) in [6.07, 6.45) is 11.0. The van der Waals surface area contributed by atoms with E-state index in [1.165, 1.54) is 38.5 Å². The third-order valence-corrected chi connectivity index (χ3v) is 5.97. The molecule has 0 aromatic carbocycles. The van der Waals surface area contributed by atoms with E-state index in [0.29, 0.717) is 5.56 Å². The van der Waals surface area contributed by atoms with E-state index < -0.39 is 0 Å². The first-order valence-electron chi connectivity index (χ1n) is 7.86. The predicted octanol–water partition coefficient (Wildman–Crippen LogP) is 2.81. The molecule has 0 radical (unpaired) electrons. The second-order valence-electron chi connectivity index (χ2n) is 7.36. The quantitative estimate of drug-likeness (QED) is 0.859. The summed E-state index contributed by atoms with van der Waals surface area (Å²) >= 11 is 0. The molecular weight excluding hydrogens is 248 g/mol. The van der Waals surface area contributed by atoms with Gasteiger partial charge in [-0.15, -0.1) is 0 Å². The van der Waals surface area contributed by atoms with Crippen LogP contribution in [0.5, 0.6) is 0 Å². The first-order valence-corrected chi connectivity index (χ1v) is 7.86. The van der Waals surface area contributed by atoms with Crippen LogP contribution in [0.25, 0.3) is 0 Å². The number of hydrogen-bond acceptors (Lipinski definition) is 3. The van der Waals surface area contributed by atoms with E-state index in [1.54, 1.807) is 12.4 Å². The molecule has 5 rings (SSSR count). The van der Waals surface area contributed by atoms with Gasteiger partial charge in [-0.1, -0.05) is 0 Å². The fourth-order valence-electron chi connectivity index (χ4n) is 5.52. The summed E-state index contributed by atoms with van der Waals surface area (Å²) in [5.41, 5.74) is 7.23. The van der Waals surface area contributed by atoms with Crippen molar-refractivity contribution in [1.29, 1.82) is 0 Å². The number of hydrogen-bond donors (Lipinski definition) is 1. The summed E-state index contributed by atoms with van der Waals surface area (Å²) in [6.45, 7) is 0.